The van der Waals surface area contributed by atoms with Gasteiger partial charge in [-0.2, -0.15) is 0 Å². The van der Waals surface area contributed by atoms with Crippen LogP contribution in [0.15, 0.2) is 0 Å². The molecule has 0 aliphatic rings. The van der Waals surface area contributed by atoms with Gasteiger partial charge in [0, 0.05) is 5.25 Å². The van der Waals surface area contributed by atoms with Gasteiger partial charge < -0.3 is 9.66 Å². The third-order valence-electron chi connectivity index (χ3n) is 5.49. The van der Waals surface area contributed by atoms with Crippen molar-refractivity contribution in [1.82, 2.24) is 0 Å². The monoisotopic (exact) mass is 428 g/mol. The Balaban J connectivity index is 0. The van der Waals surface area contributed by atoms with Crippen molar-refractivity contribution in [1.29, 1.82) is 0 Å². The Bertz CT molecular complexity index is 415. The minimum absolute atomic E-state index is 0. The Hall–Kier alpha value is 0.870. The van der Waals surface area contributed by atoms with Crippen LogP contribution in [0.1, 0.15) is 129 Å². The molecule has 0 heterocycles. The zero-order chi connectivity index (χ0) is 20.4. The second kappa shape index (κ2) is 21.1. The molecule has 0 amide bonds. The third kappa shape index (κ3) is 20.2. The molecule has 0 saturated heterocycles. The molecule has 164 valence electrons. The van der Waals surface area contributed by atoms with E-state index in [4.69, 9.17) is 0 Å². The zero-order valence-corrected chi connectivity index (χ0v) is 21.8. The fraction of sp³-hybridized carbons (Fsp3) is 1.00. The minimum Gasteiger partial charge on any atom is -0.748 e. The van der Waals surface area contributed by atoms with Crippen LogP contribution in [-0.4, -0.2) is 29.4 Å². The smallest absolute Gasteiger partial charge is 0.748 e. The van der Waals surface area contributed by atoms with E-state index >= 15 is 0 Å². The Morgan fingerprint density at radius 2 is 1.00 bits per heavy atom. The van der Waals surface area contributed by atoms with Gasteiger partial charge in [-0.05, 0) is 25.7 Å². The maximum Gasteiger partial charge on any atom is 1.00 e. The molecule has 0 radical (unpaired) electrons. The average molecular weight is 429 g/mol. The first-order valence-electron chi connectivity index (χ1n) is 11.5. The number of aliphatic hydroxyl groups is 1. The van der Waals surface area contributed by atoms with Crippen LogP contribution >= 0.6 is 0 Å². The van der Waals surface area contributed by atoms with Crippen LogP contribution in [0.2, 0.25) is 0 Å². The molecular weight excluding hydrogens is 383 g/mol. The van der Waals surface area contributed by atoms with Crippen LogP contribution in [0.4, 0.5) is 0 Å². The van der Waals surface area contributed by atoms with E-state index in [1.54, 1.807) is 0 Å². The molecule has 0 rings (SSSR count). The van der Waals surface area contributed by atoms with Crippen molar-refractivity contribution in [2.45, 2.75) is 141 Å². The van der Waals surface area contributed by atoms with Crippen LogP contribution in [0.3, 0.4) is 0 Å². The fourth-order valence-corrected chi connectivity index (χ4v) is 4.54. The molecule has 28 heavy (non-hydrogen) atoms. The van der Waals surface area contributed by atoms with Gasteiger partial charge in [-0.25, -0.2) is 8.42 Å². The van der Waals surface area contributed by atoms with Gasteiger partial charge in [0.25, 0.3) is 0 Å². The van der Waals surface area contributed by atoms with Crippen molar-refractivity contribution in [2.75, 3.05) is 0 Å². The largest absolute Gasteiger partial charge is 1.00 e. The van der Waals surface area contributed by atoms with Gasteiger partial charge in [0.15, 0.2) is 0 Å². The quantitative estimate of drug-likeness (QED) is 0.183. The summed E-state index contributed by atoms with van der Waals surface area (Å²) < 4.78 is 34.5. The topological polar surface area (TPSA) is 77.4 Å². The summed E-state index contributed by atoms with van der Waals surface area (Å²) >= 11 is 0. The Morgan fingerprint density at radius 1 is 0.643 bits per heavy atom. The molecule has 1 N–H and O–H groups in total. The van der Waals surface area contributed by atoms with E-state index in [1.165, 1.54) is 44.9 Å². The Kier molecular flexibility index (Phi) is 23.4. The molecule has 0 aromatic heterocycles. The van der Waals surface area contributed by atoms with Crippen LogP contribution < -0.4 is 29.6 Å². The summed E-state index contributed by atoms with van der Waals surface area (Å²) in [7, 11) is -4.20. The van der Waals surface area contributed by atoms with Gasteiger partial charge in [-0.15, -0.1) is 0 Å². The molecule has 0 aliphatic carbocycles. The standard InChI is InChI=1S/C22H46O4S.Na/c1-3-5-7-8-9-10-11-12-13-14-19-22(27(24,25)26)20-16-15-18-21(23)17-6-4-2;/h21-23H,3-20H2,1-2H3,(H,24,25,26);/q;+1/p-1. The van der Waals surface area contributed by atoms with Crippen molar-refractivity contribution in [3.8, 4) is 0 Å². The van der Waals surface area contributed by atoms with E-state index < -0.39 is 15.4 Å². The summed E-state index contributed by atoms with van der Waals surface area (Å²) in [5, 5.41) is 9.09. The van der Waals surface area contributed by atoms with Gasteiger partial charge in [-0.3, -0.25) is 0 Å². The Labute approximate surface area is 197 Å². The van der Waals surface area contributed by atoms with Gasteiger partial charge >= 0.3 is 29.6 Å². The van der Waals surface area contributed by atoms with Gasteiger partial charge in [0.05, 0.1) is 16.2 Å². The molecule has 0 aromatic rings. The van der Waals surface area contributed by atoms with Crippen LogP contribution in [0.5, 0.6) is 0 Å². The van der Waals surface area contributed by atoms with E-state index in [0.717, 1.165) is 44.9 Å². The molecule has 2 unspecified atom stereocenters. The van der Waals surface area contributed by atoms with Crippen molar-refractivity contribution in [3.05, 3.63) is 0 Å². The molecule has 0 aromatic carbocycles. The van der Waals surface area contributed by atoms with Crippen LogP contribution in [0.25, 0.3) is 0 Å². The van der Waals surface area contributed by atoms with Crippen molar-refractivity contribution in [2.24, 2.45) is 0 Å². The summed E-state index contributed by atoms with van der Waals surface area (Å²) in [5.41, 5.74) is 0. The molecule has 0 aliphatic heterocycles. The first kappa shape index (κ1) is 31.1. The van der Waals surface area contributed by atoms with Crippen molar-refractivity contribution < 1.29 is 47.6 Å². The number of hydrogen-bond donors (Lipinski definition) is 1. The second-order valence-electron chi connectivity index (χ2n) is 8.17. The first-order valence-corrected chi connectivity index (χ1v) is 13.0. The van der Waals surface area contributed by atoms with Gasteiger partial charge in [0.1, 0.15) is 0 Å². The molecule has 4 nitrogen and oxygen atoms in total. The SMILES string of the molecule is CCCCCCCCCCCCC(CCCCC(O)CCCC)S(=O)(=O)[O-].[Na+]. The number of aliphatic hydroxyl groups excluding tert-OH is 1. The molecule has 0 fully saturated rings. The summed E-state index contributed by atoms with van der Waals surface area (Å²) in [6.45, 7) is 4.33. The van der Waals surface area contributed by atoms with E-state index in [-0.39, 0.29) is 35.7 Å². The number of rotatable bonds is 20. The minimum atomic E-state index is -4.20. The molecule has 0 spiro atoms. The average Bonchev–Trinajstić information content (AvgIpc) is 2.62. The molecule has 0 bridgehead atoms. The maximum absolute atomic E-state index is 11.5. The predicted molar refractivity (Wildman–Crippen MR) is 114 cm³/mol. The number of hydrogen-bond acceptors (Lipinski definition) is 4. The van der Waals surface area contributed by atoms with E-state index in [0.29, 0.717) is 25.7 Å². The third-order valence-corrected chi connectivity index (χ3v) is 6.78. The Morgan fingerprint density at radius 3 is 1.46 bits per heavy atom. The molecule has 0 saturated carbocycles. The molecule has 2 atom stereocenters. The van der Waals surface area contributed by atoms with Crippen LogP contribution in [-0.2, 0) is 10.1 Å². The normalized spacial score (nSPS) is 13.9. The van der Waals surface area contributed by atoms with Crippen LogP contribution in [0, 0.1) is 0 Å². The summed E-state index contributed by atoms with van der Waals surface area (Å²) in [4.78, 5) is 0. The van der Waals surface area contributed by atoms with Crippen molar-refractivity contribution in [3.63, 3.8) is 0 Å². The molecule has 6 heteroatoms. The zero-order valence-electron chi connectivity index (χ0n) is 19.0. The number of unbranched alkanes of at least 4 members (excludes halogenated alkanes) is 11. The molecular formula is C22H45NaO4S. The summed E-state index contributed by atoms with van der Waals surface area (Å²) in [5.74, 6) is 0. The van der Waals surface area contributed by atoms with Crippen molar-refractivity contribution >= 4 is 10.1 Å². The maximum atomic E-state index is 11.5. The van der Waals surface area contributed by atoms with E-state index in [2.05, 4.69) is 13.8 Å². The van der Waals surface area contributed by atoms with Gasteiger partial charge in [0.2, 0.25) is 0 Å². The first-order chi connectivity index (χ1) is 12.9. The second-order valence-corrected chi connectivity index (χ2v) is 9.82. The van der Waals surface area contributed by atoms with Gasteiger partial charge in [-0.1, -0.05) is 104 Å². The summed E-state index contributed by atoms with van der Waals surface area (Å²) in [6.07, 6.45) is 17.9. The summed E-state index contributed by atoms with van der Waals surface area (Å²) in [6, 6.07) is 0. The predicted octanol–water partition coefficient (Wildman–Crippen LogP) is 3.33. The van der Waals surface area contributed by atoms with E-state index in [9.17, 15) is 18.1 Å². The van der Waals surface area contributed by atoms with E-state index in [1.807, 2.05) is 0 Å². The fourth-order valence-electron chi connectivity index (χ4n) is 3.63.